The molecule has 2 rings (SSSR count). The summed E-state index contributed by atoms with van der Waals surface area (Å²) in [5.41, 5.74) is 5.28. The predicted octanol–water partition coefficient (Wildman–Crippen LogP) is 1.50. The summed E-state index contributed by atoms with van der Waals surface area (Å²) >= 11 is 0. The molecule has 0 aliphatic heterocycles. The van der Waals surface area contributed by atoms with Gasteiger partial charge in [-0.25, -0.2) is 4.79 Å². The lowest BCUT2D eigenvalue weighted by molar-refractivity contribution is -0.385. The second kappa shape index (κ2) is 8.43. The molecule has 10 nitrogen and oxygen atoms in total. The highest BCUT2D eigenvalue weighted by Crippen LogP contribution is 2.27. The third-order valence-electron chi connectivity index (χ3n) is 3.40. The smallest absolute Gasteiger partial charge is 0.338 e. The summed E-state index contributed by atoms with van der Waals surface area (Å²) in [6, 6.07) is 9.34. The van der Waals surface area contributed by atoms with Gasteiger partial charge < -0.3 is 20.5 Å². The molecule has 0 aromatic heterocycles. The van der Waals surface area contributed by atoms with Crippen LogP contribution in [-0.4, -0.2) is 36.4 Å². The maximum absolute atomic E-state index is 12.0. The van der Waals surface area contributed by atoms with Gasteiger partial charge in [0.25, 0.3) is 5.91 Å². The molecule has 2 aromatic rings. The molecule has 2 aromatic carbocycles. The van der Waals surface area contributed by atoms with Gasteiger partial charge in [-0.05, 0) is 36.4 Å². The predicted molar refractivity (Wildman–Crippen MR) is 93.5 cm³/mol. The van der Waals surface area contributed by atoms with Crippen molar-refractivity contribution >= 4 is 29.2 Å². The highest BCUT2D eigenvalue weighted by molar-refractivity contribution is 5.97. The van der Waals surface area contributed by atoms with Gasteiger partial charge in [0.15, 0.2) is 12.4 Å². The van der Waals surface area contributed by atoms with Gasteiger partial charge in [0, 0.05) is 17.3 Å². The number of hydrogen-bond donors (Lipinski definition) is 2. The molecule has 0 aliphatic carbocycles. The molecule has 10 heteroatoms. The fraction of sp³-hybridized carbons (Fsp3) is 0.118. The number of nitrogens with zero attached hydrogens (tertiary/aromatic N) is 1. The number of methoxy groups -OCH3 is 1. The Morgan fingerprint density at radius 3 is 2.30 bits per heavy atom. The number of hydrogen-bond acceptors (Lipinski definition) is 7. The molecule has 0 spiro atoms. The molecular formula is C17H15N3O7. The first kappa shape index (κ1) is 19.4. The van der Waals surface area contributed by atoms with Crippen molar-refractivity contribution in [2.45, 2.75) is 0 Å². The van der Waals surface area contributed by atoms with Crippen LogP contribution in [0.15, 0.2) is 42.5 Å². The number of carbonyl (C=O) groups is 3. The van der Waals surface area contributed by atoms with Crippen LogP contribution in [0.1, 0.15) is 20.7 Å². The lowest BCUT2D eigenvalue weighted by Crippen LogP contribution is -2.21. The SMILES string of the molecule is COc1ccc(C(=O)OCC(=O)Nc2ccc(C(N)=O)cc2)cc1[N+](=O)[O-]. The Kier molecular flexibility index (Phi) is 6.05. The molecule has 0 saturated carbocycles. The van der Waals surface area contributed by atoms with Crippen molar-refractivity contribution in [3.63, 3.8) is 0 Å². The molecular weight excluding hydrogens is 358 g/mol. The van der Waals surface area contributed by atoms with Crippen LogP contribution in [-0.2, 0) is 9.53 Å². The van der Waals surface area contributed by atoms with E-state index in [2.05, 4.69) is 5.32 Å². The van der Waals surface area contributed by atoms with Crippen LogP contribution in [0.25, 0.3) is 0 Å². The first-order valence-electron chi connectivity index (χ1n) is 7.51. The van der Waals surface area contributed by atoms with E-state index in [1.807, 2.05) is 0 Å². The van der Waals surface area contributed by atoms with Crippen molar-refractivity contribution in [2.24, 2.45) is 5.73 Å². The zero-order chi connectivity index (χ0) is 20.0. The second-order valence-corrected chi connectivity index (χ2v) is 5.21. The Labute approximate surface area is 153 Å². The quantitative estimate of drug-likeness (QED) is 0.424. The molecule has 0 aliphatic rings. The normalized spacial score (nSPS) is 9.96. The first-order valence-corrected chi connectivity index (χ1v) is 7.51. The number of carbonyl (C=O) groups excluding carboxylic acids is 3. The van der Waals surface area contributed by atoms with Crippen molar-refractivity contribution in [1.29, 1.82) is 0 Å². The monoisotopic (exact) mass is 373 g/mol. The van der Waals surface area contributed by atoms with E-state index in [4.69, 9.17) is 15.2 Å². The number of nitrogens with two attached hydrogens (primary N) is 1. The summed E-state index contributed by atoms with van der Waals surface area (Å²) in [5, 5.41) is 13.4. The fourth-order valence-electron chi connectivity index (χ4n) is 2.09. The van der Waals surface area contributed by atoms with Crippen LogP contribution in [0.2, 0.25) is 0 Å². The van der Waals surface area contributed by atoms with Gasteiger partial charge in [-0.15, -0.1) is 0 Å². The molecule has 140 valence electrons. The third kappa shape index (κ3) is 5.01. The van der Waals surface area contributed by atoms with Crippen LogP contribution in [0, 0.1) is 10.1 Å². The van der Waals surface area contributed by atoms with Crippen LogP contribution in [0.3, 0.4) is 0 Å². The summed E-state index contributed by atoms with van der Waals surface area (Å²) in [6.07, 6.45) is 0. The maximum atomic E-state index is 12.0. The van der Waals surface area contributed by atoms with E-state index in [1.165, 1.54) is 43.5 Å². The molecule has 0 fully saturated rings. The zero-order valence-corrected chi connectivity index (χ0v) is 14.1. The number of rotatable bonds is 7. The van der Waals surface area contributed by atoms with E-state index in [0.29, 0.717) is 5.69 Å². The summed E-state index contributed by atoms with van der Waals surface area (Å²) in [5.74, 6) is -2.14. The van der Waals surface area contributed by atoms with E-state index in [1.54, 1.807) is 0 Å². The van der Waals surface area contributed by atoms with Crippen molar-refractivity contribution in [3.8, 4) is 5.75 Å². The van der Waals surface area contributed by atoms with E-state index < -0.39 is 35.0 Å². The average Bonchev–Trinajstić information content (AvgIpc) is 2.65. The van der Waals surface area contributed by atoms with E-state index in [-0.39, 0.29) is 16.9 Å². The Bertz CT molecular complexity index is 894. The Morgan fingerprint density at radius 1 is 1.11 bits per heavy atom. The number of benzene rings is 2. The highest BCUT2D eigenvalue weighted by Gasteiger charge is 2.19. The largest absolute Gasteiger partial charge is 0.490 e. The van der Waals surface area contributed by atoms with Crippen molar-refractivity contribution < 1.29 is 28.8 Å². The molecule has 3 N–H and O–H groups in total. The number of nitro groups is 1. The molecule has 0 heterocycles. The van der Waals surface area contributed by atoms with Gasteiger partial charge in [-0.2, -0.15) is 0 Å². The number of nitrogens with one attached hydrogen (secondary N) is 1. The maximum Gasteiger partial charge on any atom is 0.338 e. The summed E-state index contributed by atoms with van der Waals surface area (Å²) < 4.78 is 9.69. The molecule has 0 radical (unpaired) electrons. The highest BCUT2D eigenvalue weighted by atomic mass is 16.6. The summed E-state index contributed by atoms with van der Waals surface area (Å²) in [4.78, 5) is 45.1. The van der Waals surface area contributed by atoms with E-state index >= 15 is 0 Å². The van der Waals surface area contributed by atoms with E-state index in [9.17, 15) is 24.5 Å². The molecule has 0 saturated heterocycles. The molecule has 2 amide bonds. The summed E-state index contributed by atoms with van der Waals surface area (Å²) in [6.45, 7) is -0.601. The van der Waals surface area contributed by atoms with Crippen LogP contribution < -0.4 is 15.8 Å². The lowest BCUT2D eigenvalue weighted by atomic mass is 10.2. The minimum Gasteiger partial charge on any atom is -0.490 e. The average molecular weight is 373 g/mol. The number of ether oxygens (including phenoxy) is 2. The molecule has 0 atom stereocenters. The molecule has 27 heavy (non-hydrogen) atoms. The number of anilines is 1. The molecule has 0 unspecified atom stereocenters. The minimum atomic E-state index is -0.903. The van der Waals surface area contributed by atoms with Crippen molar-refractivity contribution in [3.05, 3.63) is 63.7 Å². The Balaban J connectivity index is 1.96. The first-order chi connectivity index (χ1) is 12.8. The van der Waals surface area contributed by atoms with Crippen LogP contribution in [0.4, 0.5) is 11.4 Å². The topological polar surface area (TPSA) is 151 Å². The van der Waals surface area contributed by atoms with Gasteiger partial charge in [0.05, 0.1) is 17.6 Å². The fourth-order valence-corrected chi connectivity index (χ4v) is 2.09. The number of primary amides is 1. The summed E-state index contributed by atoms with van der Waals surface area (Å²) in [7, 11) is 1.26. The number of esters is 1. The number of nitro benzene ring substituents is 1. The van der Waals surface area contributed by atoms with Crippen molar-refractivity contribution in [1.82, 2.24) is 0 Å². The van der Waals surface area contributed by atoms with Crippen LogP contribution >= 0.6 is 0 Å². The minimum absolute atomic E-state index is 0.00583. The Morgan fingerprint density at radius 2 is 1.74 bits per heavy atom. The zero-order valence-electron chi connectivity index (χ0n) is 14.1. The Hall–Kier alpha value is -3.95. The van der Waals surface area contributed by atoms with Gasteiger partial charge >= 0.3 is 11.7 Å². The lowest BCUT2D eigenvalue weighted by Gasteiger charge is -2.08. The number of amides is 2. The standard InChI is InChI=1S/C17H15N3O7/c1-26-14-7-4-11(8-13(14)20(24)25)17(23)27-9-15(21)19-12-5-2-10(3-6-12)16(18)22/h2-8H,9H2,1H3,(H2,18,22)(H,19,21). The third-order valence-corrected chi connectivity index (χ3v) is 3.40. The molecule has 0 bridgehead atoms. The van der Waals surface area contributed by atoms with Gasteiger partial charge in [-0.1, -0.05) is 0 Å². The van der Waals surface area contributed by atoms with Gasteiger partial charge in [0.1, 0.15) is 0 Å². The van der Waals surface area contributed by atoms with E-state index in [0.717, 1.165) is 6.07 Å². The van der Waals surface area contributed by atoms with Crippen LogP contribution in [0.5, 0.6) is 5.75 Å². The van der Waals surface area contributed by atoms with Gasteiger partial charge in [-0.3, -0.25) is 19.7 Å². The second-order valence-electron chi connectivity index (χ2n) is 5.21. The van der Waals surface area contributed by atoms with Gasteiger partial charge in [0.2, 0.25) is 5.91 Å². The van der Waals surface area contributed by atoms with Crippen molar-refractivity contribution in [2.75, 3.05) is 19.0 Å².